The molecule has 2 heterocycles. The van der Waals surface area contributed by atoms with E-state index in [9.17, 15) is 0 Å². The normalized spacial score (nSPS) is 16.0. The smallest absolute Gasteiger partial charge is 0.167 e. The van der Waals surface area contributed by atoms with Gasteiger partial charge in [-0.2, -0.15) is 0 Å². The molecule has 0 atom stereocenters. The molecule has 0 amide bonds. The van der Waals surface area contributed by atoms with Crippen molar-refractivity contribution in [1.82, 2.24) is 0 Å². The fraction of sp³-hybridized carbons (Fsp3) is 0.100. The number of nitrogens with one attached hydrogen (secondary N) is 2. The van der Waals surface area contributed by atoms with Crippen LogP contribution in [-0.2, 0) is 0 Å². The maximum absolute atomic E-state index is 5.21. The molecular weight excluding hydrogens is 178 g/mol. The highest BCUT2D eigenvalue weighted by Gasteiger charge is 2.16. The third-order valence-electron chi connectivity index (χ3n) is 2.31. The number of hydrogen-bond acceptors (Lipinski definition) is 4. The van der Waals surface area contributed by atoms with Gasteiger partial charge in [0.05, 0.1) is 24.3 Å². The van der Waals surface area contributed by atoms with Crippen LogP contribution >= 0.6 is 0 Å². The minimum Gasteiger partial charge on any atom is -0.366 e. The summed E-state index contributed by atoms with van der Waals surface area (Å²) in [6.45, 7) is 0.764. The molecule has 1 aromatic carbocycles. The number of oxime groups is 1. The average Bonchev–Trinajstić information content (AvgIpc) is 2.55. The van der Waals surface area contributed by atoms with Crippen LogP contribution in [0.5, 0.6) is 5.75 Å². The highest BCUT2D eigenvalue weighted by atomic mass is 16.6. The Labute approximate surface area is 81.3 Å². The largest absolute Gasteiger partial charge is 0.366 e. The molecule has 1 aromatic rings. The van der Waals surface area contributed by atoms with Gasteiger partial charge in [-0.3, -0.25) is 0 Å². The highest BCUT2D eigenvalue weighted by molar-refractivity contribution is 5.90. The molecule has 0 saturated carbocycles. The van der Waals surface area contributed by atoms with Crippen LogP contribution in [0.2, 0.25) is 0 Å². The first-order valence-electron chi connectivity index (χ1n) is 4.47. The lowest BCUT2D eigenvalue weighted by Crippen LogP contribution is -1.99. The number of benzene rings is 1. The van der Waals surface area contributed by atoms with Gasteiger partial charge in [0, 0.05) is 5.56 Å². The van der Waals surface area contributed by atoms with Crippen LogP contribution < -0.4 is 15.5 Å². The topological polar surface area (TPSA) is 45.6 Å². The van der Waals surface area contributed by atoms with Crippen molar-refractivity contribution in [3.63, 3.8) is 0 Å². The van der Waals surface area contributed by atoms with E-state index in [2.05, 4.69) is 15.8 Å². The summed E-state index contributed by atoms with van der Waals surface area (Å²) in [6, 6.07) is 3.91. The number of rotatable bonds is 0. The highest BCUT2D eigenvalue weighted by Crippen LogP contribution is 2.37. The maximum atomic E-state index is 5.21. The maximum Gasteiger partial charge on any atom is 0.167 e. The van der Waals surface area contributed by atoms with E-state index in [4.69, 9.17) is 4.84 Å². The Morgan fingerprint density at radius 2 is 2.29 bits per heavy atom. The van der Waals surface area contributed by atoms with Crippen LogP contribution in [0.25, 0.3) is 6.08 Å². The number of hydrogen-bond donors (Lipinski definition) is 2. The van der Waals surface area contributed by atoms with Gasteiger partial charge in [0.2, 0.25) is 0 Å². The van der Waals surface area contributed by atoms with Gasteiger partial charge < -0.3 is 15.5 Å². The van der Waals surface area contributed by atoms with Gasteiger partial charge in [-0.25, -0.2) is 0 Å². The summed E-state index contributed by atoms with van der Waals surface area (Å²) in [6.07, 6.45) is 5.49. The fourth-order valence-corrected chi connectivity index (χ4v) is 1.67. The Bertz CT molecular complexity index is 437. The molecule has 0 radical (unpaired) electrons. The first-order valence-corrected chi connectivity index (χ1v) is 4.47. The average molecular weight is 187 g/mol. The summed E-state index contributed by atoms with van der Waals surface area (Å²) < 4.78 is 0. The molecule has 2 aliphatic rings. The summed E-state index contributed by atoms with van der Waals surface area (Å²) in [5.41, 5.74) is 3.24. The summed E-state index contributed by atoms with van der Waals surface area (Å²) in [5.74, 6) is 0.782. The molecule has 0 aromatic heterocycles. The second-order valence-corrected chi connectivity index (χ2v) is 3.14. The molecule has 70 valence electrons. The predicted octanol–water partition coefficient (Wildman–Crippen LogP) is 1.87. The second-order valence-electron chi connectivity index (χ2n) is 3.14. The van der Waals surface area contributed by atoms with E-state index in [1.165, 1.54) is 0 Å². The summed E-state index contributed by atoms with van der Waals surface area (Å²) in [4.78, 5) is 5.21. The number of nitrogens with zero attached hydrogens (tertiary/aromatic N) is 1. The molecule has 0 fully saturated rings. The van der Waals surface area contributed by atoms with Crippen LogP contribution in [0.15, 0.2) is 23.4 Å². The first kappa shape index (κ1) is 7.44. The minimum atomic E-state index is 0.764. The molecule has 0 unspecified atom stereocenters. The summed E-state index contributed by atoms with van der Waals surface area (Å²) in [7, 11) is 0. The van der Waals surface area contributed by atoms with E-state index in [-0.39, 0.29) is 0 Å². The molecule has 0 aliphatic carbocycles. The molecule has 2 aliphatic heterocycles. The van der Waals surface area contributed by atoms with Crippen LogP contribution in [0.3, 0.4) is 0 Å². The van der Waals surface area contributed by atoms with E-state index in [0.717, 1.165) is 29.4 Å². The van der Waals surface area contributed by atoms with E-state index < -0.39 is 0 Å². The van der Waals surface area contributed by atoms with Crippen molar-refractivity contribution in [1.29, 1.82) is 0 Å². The molecular formula is C10H9N3O. The Kier molecular flexibility index (Phi) is 1.47. The van der Waals surface area contributed by atoms with Crippen LogP contribution in [0, 0.1) is 0 Å². The van der Waals surface area contributed by atoms with Crippen molar-refractivity contribution in [3.8, 4) is 5.75 Å². The van der Waals surface area contributed by atoms with E-state index >= 15 is 0 Å². The van der Waals surface area contributed by atoms with Gasteiger partial charge in [-0.15, -0.1) is 0 Å². The zero-order valence-corrected chi connectivity index (χ0v) is 7.45. The van der Waals surface area contributed by atoms with Crippen molar-refractivity contribution >= 4 is 23.7 Å². The Morgan fingerprint density at radius 3 is 3.29 bits per heavy atom. The van der Waals surface area contributed by atoms with E-state index in [1.54, 1.807) is 6.21 Å². The Hall–Kier alpha value is -1.97. The molecule has 2 N–H and O–H groups in total. The molecule has 0 bridgehead atoms. The van der Waals surface area contributed by atoms with Crippen molar-refractivity contribution in [3.05, 3.63) is 23.8 Å². The Balaban J connectivity index is 2.22. The monoisotopic (exact) mass is 187 g/mol. The second kappa shape index (κ2) is 2.77. The van der Waals surface area contributed by atoms with E-state index in [1.807, 2.05) is 24.3 Å². The fourth-order valence-electron chi connectivity index (χ4n) is 1.67. The minimum absolute atomic E-state index is 0.764. The lowest BCUT2D eigenvalue weighted by atomic mass is 10.1. The van der Waals surface area contributed by atoms with Crippen molar-refractivity contribution in [2.24, 2.45) is 5.16 Å². The van der Waals surface area contributed by atoms with Gasteiger partial charge >= 0.3 is 0 Å². The van der Waals surface area contributed by atoms with Crippen molar-refractivity contribution in [2.45, 2.75) is 0 Å². The SMILES string of the molecule is C1=Cc2c(ccc3c2NCN3)ON=C1. The van der Waals surface area contributed by atoms with Gasteiger partial charge in [0.1, 0.15) is 0 Å². The lowest BCUT2D eigenvalue weighted by Gasteiger charge is -2.07. The third-order valence-corrected chi connectivity index (χ3v) is 2.31. The predicted molar refractivity (Wildman–Crippen MR) is 56.7 cm³/mol. The van der Waals surface area contributed by atoms with Gasteiger partial charge in [0.15, 0.2) is 5.75 Å². The number of fused-ring (bicyclic) bond motifs is 3. The quantitative estimate of drug-likeness (QED) is 0.651. The van der Waals surface area contributed by atoms with Crippen LogP contribution in [0.4, 0.5) is 11.4 Å². The summed E-state index contributed by atoms with van der Waals surface area (Å²) >= 11 is 0. The van der Waals surface area contributed by atoms with Crippen molar-refractivity contribution in [2.75, 3.05) is 17.3 Å². The summed E-state index contributed by atoms with van der Waals surface area (Å²) in [5, 5.41) is 10.3. The Morgan fingerprint density at radius 1 is 1.29 bits per heavy atom. The number of anilines is 2. The third kappa shape index (κ3) is 0.970. The van der Waals surface area contributed by atoms with Crippen molar-refractivity contribution < 1.29 is 4.84 Å². The van der Waals surface area contributed by atoms with Gasteiger partial charge in [-0.1, -0.05) is 5.16 Å². The molecule has 4 nitrogen and oxygen atoms in total. The molecule has 0 spiro atoms. The number of allylic oxidation sites excluding steroid dienone is 1. The zero-order chi connectivity index (χ0) is 9.38. The molecule has 3 rings (SSSR count). The van der Waals surface area contributed by atoms with Gasteiger partial charge in [0.25, 0.3) is 0 Å². The molecule has 4 heteroatoms. The standard InChI is InChI=1S/C10H9N3O/c1-2-7-9(14-13-5-1)4-3-8-10(7)12-6-11-8/h1-5,11-12H,6H2. The van der Waals surface area contributed by atoms with Gasteiger partial charge in [-0.05, 0) is 24.3 Å². The molecule has 14 heavy (non-hydrogen) atoms. The van der Waals surface area contributed by atoms with E-state index in [0.29, 0.717) is 0 Å². The molecule has 0 saturated heterocycles. The zero-order valence-electron chi connectivity index (χ0n) is 7.45. The first-order chi connectivity index (χ1) is 6.95. The lowest BCUT2D eigenvalue weighted by molar-refractivity contribution is 0.344. The van der Waals surface area contributed by atoms with Crippen LogP contribution in [-0.4, -0.2) is 12.9 Å². The van der Waals surface area contributed by atoms with Crippen LogP contribution in [0.1, 0.15) is 5.56 Å².